The molecule has 2 N–H and O–H groups in total. The molecule has 1 atom stereocenters. The number of nitro groups is 1. The summed E-state index contributed by atoms with van der Waals surface area (Å²) in [5.41, 5.74) is 4.65. The van der Waals surface area contributed by atoms with E-state index in [2.05, 4.69) is 73.3 Å². The normalized spacial score (nSPS) is 15.8. The van der Waals surface area contributed by atoms with Gasteiger partial charge in [-0.15, -0.1) is 11.8 Å². The van der Waals surface area contributed by atoms with Crippen LogP contribution in [0.5, 0.6) is 0 Å². The van der Waals surface area contributed by atoms with Crippen LogP contribution in [0.2, 0.25) is 0 Å². The lowest BCUT2D eigenvalue weighted by Crippen LogP contribution is -2.46. The third-order valence-corrected chi connectivity index (χ3v) is 13.0. The van der Waals surface area contributed by atoms with E-state index >= 15 is 0 Å². The van der Waals surface area contributed by atoms with Crippen LogP contribution >= 0.6 is 11.8 Å². The van der Waals surface area contributed by atoms with E-state index in [0.29, 0.717) is 25.4 Å². The van der Waals surface area contributed by atoms with Crippen molar-refractivity contribution in [1.29, 1.82) is 0 Å². The van der Waals surface area contributed by atoms with E-state index in [0.717, 1.165) is 69.0 Å². The Morgan fingerprint density at radius 2 is 1.47 bits per heavy atom. The molecule has 2 heterocycles. The van der Waals surface area contributed by atoms with E-state index in [1.54, 1.807) is 23.9 Å². The van der Waals surface area contributed by atoms with Crippen LogP contribution in [0.1, 0.15) is 22.3 Å². The summed E-state index contributed by atoms with van der Waals surface area (Å²) in [4.78, 5) is 32.6. The molecule has 0 unspecified atom stereocenters. The van der Waals surface area contributed by atoms with Crippen molar-refractivity contribution < 1.29 is 22.9 Å². The number of benzene rings is 5. The van der Waals surface area contributed by atoms with Gasteiger partial charge in [-0.2, -0.15) is 0 Å². The summed E-state index contributed by atoms with van der Waals surface area (Å²) in [7, 11) is -4.43. The number of carbonyl (C=O) groups is 1. The lowest BCUT2D eigenvalue weighted by molar-refractivity contribution is -0.384. The molecule has 0 radical (unpaired) electrons. The third kappa shape index (κ3) is 10.8. The summed E-state index contributed by atoms with van der Waals surface area (Å²) in [5, 5.41) is 15.6. The Morgan fingerprint density at radius 3 is 2.17 bits per heavy atom. The maximum Gasteiger partial charge on any atom is 0.293 e. The average molecular weight is 821 g/mol. The molecular formula is C44H48N6O6S2. The zero-order chi connectivity index (χ0) is 40.3. The quantitative estimate of drug-likeness (QED) is 0.0605. The molecular weight excluding hydrogens is 773 g/mol. The molecule has 12 nitrogen and oxygen atoms in total. The van der Waals surface area contributed by atoms with E-state index in [9.17, 15) is 23.3 Å². The smallest absolute Gasteiger partial charge is 0.293 e. The second-order valence-electron chi connectivity index (χ2n) is 14.4. The average Bonchev–Trinajstić information content (AvgIpc) is 3.26. The molecule has 7 rings (SSSR count). The van der Waals surface area contributed by atoms with Crippen LogP contribution in [0.15, 0.2) is 137 Å². The van der Waals surface area contributed by atoms with Gasteiger partial charge in [0.25, 0.3) is 21.6 Å². The molecule has 0 spiro atoms. The number of piperazine rings is 1. The van der Waals surface area contributed by atoms with Crippen LogP contribution in [0.25, 0.3) is 11.1 Å². The van der Waals surface area contributed by atoms with E-state index in [1.807, 2.05) is 48.5 Å². The van der Waals surface area contributed by atoms with Crippen LogP contribution < -0.4 is 14.9 Å². The van der Waals surface area contributed by atoms with Crippen LogP contribution in [-0.2, 0) is 21.3 Å². The maximum atomic E-state index is 13.4. The molecule has 0 bridgehead atoms. The second kappa shape index (κ2) is 19.5. The number of anilines is 2. The fraction of sp³-hybridized carbons (Fsp3) is 0.295. The summed E-state index contributed by atoms with van der Waals surface area (Å²) in [5.74, 6) is -0.180. The van der Waals surface area contributed by atoms with Crippen molar-refractivity contribution in [1.82, 2.24) is 14.5 Å². The third-order valence-electron chi connectivity index (χ3n) is 10.5. The highest BCUT2D eigenvalue weighted by Crippen LogP contribution is 2.31. The minimum Gasteiger partial charge on any atom is -0.379 e. The number of nitrogens with zero attached hydrogens (tertiary/aromatic N) is 4. The van der Waals surface area contributed by atoms with Gasteiger partial charge in [0.2, 0.25) is 0 Å². The summed E-state index contributed by atoms with van der Waals surface area (Å²) >= 11 is 1.65. The van der Waals surface area contributed by atoms with Crippen molar-refractivity contribution in [2.24, 2.45) is 0 Å². The Kier molecular flexibility index (Phi) is 13.7. The molecule has 14 heteroatoms. The van der Waals surface area contributed by atoms with Gasteiger partial charge in [-0.1, -0.05) is 72.8 Å². The maximum absolute atomic E-state index is 13.4. The van der Waals surface area contributed by atoms with Crippen molar-refractivity contribution in [3.8, 4) is 11.1 Å². The molecule has 58 heavy (non-hydrogen) atoms. The zero-order valence-electron chi connectivity index (χ0n) is 32.2. The number of ether oxygens (including phenoxy) is 1. The molecule has 2 aliphatic heterocycles. The number of hydrogen-bond acceptors (Lipinski definition) is 11. The number of hydrogen-bond donors (Lipinski definition) is 2. The highest BCUT2D eigenvalue weighted by molar-refractivity contribution is 7.99. The lowest BCUT2D eigenvalue weighted by atomic mass is 9.99. The fourth-order valence-electron chi connectivity index (χ4n) is 7.27. The predicted octanol–water partition coefficient (Wildman–Crippen LogP) is 7.00. The first kappa shape index (κ1) is 40.9. The highest BCUT2D eigenvalue weighted by atomic mass is 32.2. The van der Waals surface area contributed by atoms with Gasteiger partial charge >= 0.3 is 0 Å². The molecule has 2 saturated heterocycles. The van der Waals surface area contributed by atoms with E-state index in [-0.39, 0.29) is 27.9 Å². The molecule has 2 fully saturated rings. The Balaban J connectivity index is 0.960. The number of morpholine rings is 1. The Bertz CT molecular complexity index is 2250. The SMILES string of the molecule is O=C(NS(=O)(=O)c1ccc(N[C@@H](CCN2CCOCC2)CSc2ccccc2)c([N+](=O)[O-])c1)c1ccc(N2CCN(Cc3ccccc3-c3ccccc3)CC2)cc1. The minimum absolute atomic E-state index is 0.150. The Hall–Kier alpha value is -5.25. The monoisotopic (exact) mass is 820 g/mol. The molecule has 1 amide bonds. The first-order chi connectivity index (χ1) is 28.2. The van der Waals surface area contributed by atoms with Crippen molar-refractivity contribution in [2.45, 2.75) is 28.8 Å². The number of nitrogens with one attached hydrogen (secondary N) is 2. The molecule has 0 aliphatic carbocycles. The first-order valence-electron chi connectivity index (χ1n) is 19.5. The van der Waals surface area contributed by atoms with Gasteiger partial charge in [0, 0.05) is 86.4 Å². The van der Waals surface area contributed by atoms with Crippen LogP contribution in [-0.4, -0.2) is 99.9 Å². The van der Waals surface area contributed by atoms with Crippen LogP contribution in [0.4, 0.5) is 17.1 Å². The number of carbonyl (C=O) groups excluding carboxylic acids is 1. The standard InChI is InChI=1S/C44H48N6O6S2/c51-44(35-15-17-38(18-16-35)49-25-23-48(24-26-49)32-36-11-7-8-14-41(36)34-9-3-1-4-10-34)46-58(54,55)40-19-20-42(43(31-40)50(52)53)45-37(21-22-47-27-29-56-30-28-47)33-57-39-12-5-2-6-13-39/h1-20,31,37,45H,21-30,32-33H2,(H,46,51)/t37-/m0/s1. The van der Waals surface area contributed by atoms with Gasteiger partial charge in [-0.05, 0) is 71.6 Å². The number of nitro benzene ring substituents is 1. The summed E-state index contributed by atoms with van der Waals surface area (Å²) < 4.78 is 34.4. The van der Waals surface area contributed by atoms with Gasteiger partial charge in [0.05, 0.1) is 23.0 Å². The van der Waals surface area contributed by atoms with Crippen molar-refractivity contribution in [3.63, 3.8) is 0 Å². The highest BCUT2D eigenvalue weighted by Gasteiger charge is 2.26. The molecule has 2 aliphatic rings. The molecule has 5 aromatic rings. The Labute approximate surface area is 344 Å². The zero-order valence-corrected chi connectivity index (χ0v) is 33.9. The molecule has 5 aromatic carbocycles. The van der Waals surface area contributed by atoms with E-state index in [1.165, 1.54) is 28.8 Å². The number of rotatable bonds is 16. The predicted molar refractivity (Wildman–Crippen MR) is 230 cm³/mol. The Morgan fingerprint density at radius 1 is 0.793 bits per heavy atom. The van der Waals surface area contributed by atoms with Crippen molar-refractivity contribution in [2.75, 3.05) is 75.0 Å². The minimum atomic E-state index is -4.43. The molecule has 0 saturated carbocycles. The number of thioether (sulfide) groups is 1. The lowest BCUT2D eigenvalue weighted by Gasteiger charge is -2.36. The molecule has 0 aromatic heterocycles. The van der Waals surface area contributed by atoms with Gasteiger partial charge in [-0.25, -0.2) is 13.1 Å². The summed E-state index contributed by atoms with van der Waals surface area (Å²) in [6.07, 6.45) is 0.715. The van der Waals surface area contributed by atoms with Crippen LogP contribution in [0, 0.1) is 10.1 Å². The fourth-order valence-corrected chi connectivity index (χ4v) is 9.26. The van der Waals surface area contributed by atoms with Gasteiger partial charge < -0.3 is 15.0 Å². The topological polar surface area (TPSA) is 137 Å². The largest absolute Gasteiger partial charge is 0.379 e. The van der Waals surface area contributed by atoms with Crippen molar-refractivity contribution in [3.05, 3.63) is 149 Å². The van der Waals surface area contributed by atoms with Gasteiger partial charge in [0.1, 0.15) is 5.69 Å². The second-order valence-corrected chi connectivity index (χ2v) is 17.2. The first-order valence-corrected chi connectivity index (χ1v) is 22.0. The number of sulfonamides is 1. The van der Waals surface area contributed by atoms with Crippen LogP contribution in [0.3, 0.4) is 0 Å². The van der Waals surface area contributed by atoms with Gasteiger partial charge in [-0.3, -0.25) is 24.7 Å². The van der Waals surface area contributed by atoms with Crippen molar-refractivity contribution >= 4 is 44.8 Å². The van der Waals surface area contributed by atoms with Gasteiger partial charge in [0.15, 0.2) is 0 Å². The summed E-state index contributed by atoms with van der Waals surface area (Å²) in [6, 6.07) is 39.2. The number of amides is 1. The summed E-state index contributed by atoms with van der Waals surface area (Å²) in [6.45, 7) is 7.96. The van der Waals surface area contributed by atoms with E-state index < -0.39 is 20.9 Å². The molecule has 302 valence electrons. The van der Waals surface area contributed by atoms with E-state index in [4.69, 9.17) is 4.74 Å².